The molecule has 2 saturated heterocycles. The minimum atomic E-state index is -1.70. The molecule has 0 unspecified atom stereocenters. The van der Waals surface area contributed by atoms with Gasteiger partial charge in [0, 0.05) is 162 Å². The number of aromatic amines is 3. The molecule has 13 amide bonds. The number of rotatable bonds is 27. The summed E-state index contributed by atoms with van der Waals surface area (Å²) in [6, 6.07) is 10.1. The lowest BCUT2D eigenvalue weighted by molar-refractivity contribution is -0.149. The molecule has 13 atom stereocenters. The lowest BCUT2D eigenvalue weighted by atomic mass is 9.83. The standard InChI is InChI=1S/C94H130N18O19S/c1-10-12-30-74-79(115)43-59(33-34-85(121)122)88(125)107-73(89(126)101-50-82(97)118)52-132-53-84(120)104-70(38-57-23-15-14-16-24-57)91(128)109(7)56(5)86(123)105-72(46-81(96)117)93(130)112-36-22-32-75(112)80(116)44-60(39-64-49-98-54-102-64)77(113)45-61(37-55(3)4)90(127)108(6)51-83(119)103-69(40-62-47-99-67-28-19-17-26-65(62)67)78(114)42-58(25-21-35-95)87(124)106-71(41-63-48-100-68-29-20-18-27-66(63)68)92(129)111(9)76(31-13-11-2)94(131)110(74)8/h14-20,23-24,26-29,47-49,54-56,58-61,69-76,99-100H,10-13,21-22,25,30-46,50-53,95H2,1-9H3,(H2,96,117)(H2,97,118)(H,98,102)(H,101,126)(H,103,119)(H,104,120)(H,105,123)(H,106,124)(H,107,125)(H,121,122)/t56-,58+,59+,60+,61+,69-,70-,71-,72-,73-,74-,75-,76-/m0/s1. The smallest absolute Gasteiger partial charge is 0.303 e. The summed E-state index contributed by atoms with van der Waals surface area (Å²) in [5, 5.41) is 27.5. The number of aliphatic carboxylic acids is 1. The van der Waals surface area contributed by atoms with Gasteiger partial charge >= 0.3 is 5.97 Å². The van der Waals surface area contributed by atoms with E-state index in [-0.39, 0.29) is 89.6 Å². The maximum absolute atomic E-state index is 15.8. The highest BCUT2D eigenvalue weighted by molar-refractivity contribution is 8.00. The first kappa shape index (κ1) is 105. The number of likely N-dealkylation sites (N-methyl/N-ethyl adjacent to an activating group) is 4. The topological polar surface area (TPSA) is 554 Å². The lowest BCUT2D eigenvalue weighted by Gasteiger charge is -2.36. The molecule has 16 N–H and O–H groups in total. The second-order valence-corrected chi connectivity index (χ2v) is 36.1. The highest BCUT2D eigenvalue weighted by atomic mass is 32.2. The number of hydrogen-bond donors (Lipinski definition) is 13. The maximum Gasteiger partial charge on any atom is 0.303 e. The zero-order chi connectivity index (χ0) is 96.6. The quantitative estimate of drug-likeness (QED) is 0.0350. The number of Topliss-reactive ketones (excluding diaryl/α,β-unsaturated/α-hetero) is 4. The zero-order valence-electron chi connectivity index (χ0n) is 76.8. The van der Waals surface area contributed by atoms with Crippen LogP contribution in [0.5, 0.6) is 0 Å². The van der Waals surface area contributed by atoms with Gasteiger partial charge in [0.1, 0.15) is 42.0 Å². The summed E-state index contributed by atoms with van der Waals surface area (Å²) < 4.78 is 0. The molecule has 3 aromatic heterocycles. The van der Waals surface area contributed by atoms with Gasteiger partial charge in [-0.15, -0.1) is 11.8 Å². The van der Waals surface area contributed by atoms with E-state index < -0.39 is 253 Å². The van der Waals surface area contributed by atoms with Crippen molar-refractivity contribution in [2.24, 2.45) is 46.8 Å². The number of carboxylic acid groups (broad SMARTS) is 1. The van der Waals surface area contributed by atoms with E-state index in [0.29, 0.717) is 64.5 Å². The van der Waals surface area contributed by atoms with Crippen LogP contribution in [0, 0.1) is 29.6 Å². The van der Waals surface area contributed by atoms with Crippen LogP contribution in [0.1, 0.15) is 173 Å². The average Bonchev–Trinajstić information content (AvgIpc) is 1.70. The Kier molecular flexibility index (Phi) is 40.8. The predicted octanol–water partition coefficient (Wildman–Crippen LogP) is 3.57. The van der Waals surface area contributed by atoms with Gasteiger partial charge in [0.05, 0.1) is 49.7 Å². The van der Waals surface area contributed by atoms with E-state index in [1.807, 2.05) is 64.1 Å². The van der Waals surface area contributed by atoms with Crippen LogP contribution in [-0.2, 0) is 112 Å². The Morgan fingerprint density at radius 1 is 0.553 bits per heavy atom. The van der Waals surface area contributed by atoms with Crippen molar-refractivity contribution in [2.75, 3.05) is 65.9 Å². The third-order valence-corrected chi connectivity index (χ3v) is 25.6. The van der Waals surface area contributed by atoms with Crippen LogP contribution in [0.3, 0.4) is 0 Å². The summed E-state index contributed by atoms with van der Waals surface area (Å²) in [5.41, 5.74) is 21.0. The molecule has 132 heavy (non-hydrogen) atoms. The Morgan fingerprint density at radius 2 is 1.11 bits per heavy atom. The number of thioether (sulfide) groups is 1. The molecule has 0 saturated carbocycles. The van der Waals surface area contributed by atoms with Gasteiger partial charge in [-0.1, -0.05) is 120 Å². The van der Waals surface area contributed by atoms with Crippen molar-refractivity contribution in [3.05, 3.63) is 126 Å². The van der Waals surface area contributed by atoms with Crippen LogP contribution in [-0.4, -0.2) is 276 Å². The fraction of sp³-hybridized carbons (Fsp3) is 0.543. The number of H-pyrrole nitrogens is 3. The first-order chi connectivity index (χ1) is 62.9. The second kappa shape index (κ2) is 51.4. The van der Waals surface area contributed by atoms with Crippen LogP contribution < -0.4 is 49.1 Å². The van der Waals surface area contributed by atoms with Gasteiger partial charge in [0.2, 0.25) is 76.8 Å². The molecular formula is C94H130N18O19S. The van der Waals surface area contributed by atoms with Crippen molar-refractivity contribution in [3.8, 4) is 0 Å². The van der Waals surface area contributed by atoms with Crippen LogP contribution in [0.2, 0.25) is 0 Å². The molecule has 2 fully saturated rings. The van der Waals surface area contributed by atoms with Crippen molar-refractivity contribution in [3.63, 3.8) is 0 Å². The molecule has 8 rings (SSSR count). The number of fused-ring (bicyclic) bond motifs is 3. The van der Waals surface area contributed by atoms with Gasteiger partial charge in [-0.05, 0) is 106 Å². The maximum atomic E-state index is 15.8. The largest absolute Gasteiger partial charge is 0.481 e. The Morgan fingerprint density at radius 3 is 1.72 bits per heavy atom. The van der Waals surface area contributed by atoms with E-state index in [1.165, 1.54) is 62.3 Å². The molecule has 0 aliphatic carbocycles. The van der Waals surface area contributed by atoms with Crippen LogP contribution in [0.4, 0.5) is 0 Å². The number of carboxylic acids is 1. The van der Waals surface area contributed by atoms with Crippen molar-refractivity contribution < 1.29 is 91.4 Å². The number of aromatic nitrogens is 4. The van der Waals surface area contributed by atoms with Gasteiger partial charge in [-0.2, -0.15) is 0 Å². The number of unbranched alkanes of at least 4 members (excludes halogenated alkanes) is 2. The van der Waals surface area contributed by atoms with Gasteiger partial charge < -0.3 is 93.7 Å². The number of imidazole rings is 1. The molecule has 3 aromatic carbocycles. The Bertz CT molecular complexity index is 5040. The third-order valence-electron chi connectivity index (χ3n) is 24.6. The summed E-state index contributed by atoms with van der Waals surface area (Å²) in [6.07, 6.45) is 4.31. The molecule has 0 bridgehead atoms. The summed E-state index contributed by atoms with van der Waals surface area (Å²) in [5.74, 6) is -20.9. The van der Waals surface area contributed by atoms with E-state index in [9.17, 15) is 57.8 Å². The molecule has 38 heteroatoms. The third kappa shape index (κ3) is 30.6. The minimum absolute atomic E-state index is 0.00768. The second-order valence-electron chi connectivity index (χ2n) is 35.1. The van der Waals surface area contributed by atoms with Crippen molar-refractivity contribution in [1.82, 2.24) is 76.3 Å². The molecule has 716 valence electrons. The number of ketones is 4. The molecule has 2 aliphatic heterocycles. The van der Waals surface area contributed by atoms with Crippen molar-refractivity contribution in [1.29, 1.82) is 0 Å². The van der Waals surface area contributed by atoms with Crippen LogP contribution >= 0.6 is 11.8 Å². The van der Waals surface area contributed by atoms with Gasteiger partial charge in [0.25, 0.3) is 0 Å². The predicted molar refractivity (Wildman–Crippen MR) is 493 cm³/mol. The first-order valence-electron chi connectivity index (χ1n) is 45.3. The Balaban J connectivity index is 1.19. The molecule has 5 heterocycles. The monoisotopic (exact) mass is 1850 g/mol. The molecule has 0 radical (unpaired) electrons. The number of nitrogens with two attached hydrogens (primary N) is 3. The van der Waals surface area contributed by atoms with E-state index in [0.717, 1.165) is 26.9 Å². The van der Waals surface area contributed by atoms with Crippen LogP contribution in [0.15, 0.2) is 104 Å². The van der Waals surface area contributed by atoms with Crippen molar-refractivity contribution >= 4 is 139 Å². The SMILES string of the molecule is CCCC[C@H]1C(=O)N(C)[C@@H](CCCC)C(=O)C[C@@H](CCC(=O)O)C(=O)N[C@H](C(=O)NCC(N)=O)CSCC(=O)N[C@@H](Cc2ccccc2)C(=O)N(C)[C@@H](C)C(=O)N[C@@H](CC(N)=O)C(=O)N2CCC[C@H]2C(=O)C[C@@H](Cc2cnc[nH]2)C(=O)C[C@@H](CC(C)C)C(=O)N(C)CC(=O)N[C@@H](Cc2c[nH]c3ccccc23)C(=O)C[C@@H](CCCN)C(=O)N[C@@H](Cc2c[nH]c3ccccc23)C(=O)N1C. The minimum Gasteiger partial charge on any atom is -0.481 e. The molecule has 0 spiro atoms. The first-order valence-corrected chi connectivity index (χ1v) is 46.5. The fourth-order valence-corrected chi connectivity index (χ4v) is 18.0. The number of hydrogen-bond acceptors (Lipinski definition) is 21. The van der Waals surface area contributed by atoms with Crippen molar-refractivity contribution in [2.45, 2.75) is 230 Å². The van der Waals surface area contributed by atoms with E-state index >= 15 is 33.6 Å². The molecule has 6 aromatic rings. The van der Waals surface area contributed by atoms with E-state index in [4.69, 9.17) is 17.2 Å². The fourth-order valence-electron chi connectivity index (χ4n) is 17.1. The number of para-hydroxylation sites is 2. The number of amides is 13. The van der Waals surface area contributed by atoms with Crippen LogP contribution in [0.25, 0.3) is 21.8 Å². The highest BCUT2D eigenvalue weighted by Crippen LogP contribution is 2.31. The van der Waals surface area contributed by atoms with Gasteiger partial charge in [-0.3, -0.25) is 86.3 Å². The normalized spacial score (nSPS) is 23.8. The summed E-state index contributed by atoms with van der Waals surface area (Å²) in [7, 11) is 5.43. The summed E-state index contributed by atoms with van der Waals surface area (Å²) in [6.45, 7) is 7.42. The Labute approximate surface area is 772 Å². The molecule has 37 nitrogen and oxygen atoms in total. The molecular weight excluding hydrogens is 1720 g/mol. The van der Waals surface area contributed by atoms with Gasteiger partial charge in [0.15, 0.2) is 17.3 Å². The van der Waals surface area contributed by atoms with E-state index in [1.54, 1.807) is 54.9 Å². The lowest BCUT2D eigenvalue weighted by Crippen LogP contribution is -2.58. The zero-order valence-corrected chi connectivity index (χ0v) is 77.6. The average molecular weight is 1850 g/mol. The number of primary amides is 2. The Hall–Kier alpha value is -12.5. The van der Waals surface area contributed by atoms with Gasteiger partial charge in [-0.25, -0.2) is 4.98 Å². The van der Waals surface area contributed by atoms with E-state index in [2.05, 4.69) is 51.8 Å². The summed E-state index contributed by atoms with van der Waals surface area (Å²) in [4.78, 5) is 282. The number of carbonyl (C=O) groups is 18. The molecule has 2 aliphatic rings. The number of benzene rings is 3. The summed E-state index contributed by atoms with van der Waals surface area (Å²) >= 11 is 0.779. The number of carbonyl (C=O) groups excluding carboxylic acids is 17. The number of nitrogens with zero attached hydrogens (tertiary/aromatic N) is 6. The number of nitrogens with one attached hydrogen (secondary N) is 9. The highest BCUT2D eigenvalue weighted by Gasteiger charge is 2.44.